The lowest BCUT2D eigenvalue weighted by Gasteiger charge is -2.03. The highest BCUT2D eigenvalue weighted by Crippen LogP contribution is 2.32. The van der Waals surface area contributed by atoms with Crippen LogP contribution in [0.1, 0.15) is 15.4 Å². The Kier molecular flexibility index (Phi) is 4.15. The summed E-state index contributed by atoms with van der Waals surface area (Å²) in [6.07, 6.45) is 4.42. The van der Waals surface area contributed by atoms with Gasteiger partial charge in [-0.25, -0.2) is 9.78 Å². The molecule has 112 valence electrons. The first-order valence-corrected chi connectivity index (χ1v) is 7.27. The summed E-state index contributed by atoms with van der Waals surface area (Å²) < 4.78 is 15.3. The average molecular weight is 317 g/mol. The van der Waals surface area contributed by atoms with E-state index in [2.05, 4.69) is 4.98 Å². The van der Waals surface area contributed by atoms with Gasteiger partial charge in [-0.2, -0.15) is 0 Å². The van der Waals surface area contributed by atoms with Crippen molar-refractivity contribution >= 4 is 29.2 Å². The maximum Gasteiger partial charge on any atom is 0.331 e. The number of carbonyl (C=O) groups is 2. The van der Waals surface area contributed by atoms with E-state index in [9.17, 15) is 9.59 Å². The molecule has 6 nitrogen and oxygen atoms in total. The van der Waals surface area contributed by atoms with Crippen LogP contribution >= 0.6 is 11.3 Å². The van der Waals surface area contributed by atoms with Gasteiger partial charge in [-0.3, -0.25) is 4.79 Å². The Bertz CT molecular complexity index is 724. The molecule has 0 unspecified atom stereocenters. The van der Waals surface area contributed by atoms with Gasteiger partial charge in [-0.05, 0) is 24.3 Å². The minimum Gasteiger partial charge on any atom is -0.454 e. The number of ketones is 1. The first-order valence-electron chi connectivity index (χ1n) is 6.39. The highest BCUT2D eigenvalue weighted by atomic mass is 32.1. The number of rotatable bonds is 5. The standard InChI is InChI=1S/C15H11NO5S/c17-11(10-1-2-12-13(7-10)21-9-20-12)8-19-15(18)4-3-14-16-5-6-22-14/h1-7H,8-9H2/b4-3+. The van der Waals surface area contributed by atoms with Gasteiger partial charge in [0.25, 0.3) is 0 Å². The van der Waals surface area contributed by atoms with Crippen LogP contribution in [0.2, 0.25) is 0 Å². The number of aromatic nitrogens is 1. The van der Waals surface area contributed by atoms with Crippen LogP contribution in [-0.2, 0) is 9.53 Å². The Morgan fingerprint density at radius 1 is 1.32 bits per heavy atom. The quantitative estimate of drug-likeness (QED) is 0.478. The summed E-state index contributed by atoms with van der Waals surface area (Å²) in [5, 5.41) is 2.49. The molecule has 0 amide bonds. The van der Waals surface area contributed by atoms with E-state index in [1.165, 1.54) is 23.5 Å². The zero-order valence-corrected chi connectivity index (χ0v) is 12.2. The highest BCUT2D eigenvalue weighted by molar-refractivity contribution is 7.10. The molecule has 1 aliphatic rings. The van der Waals surface area contributed by atoms with E-state index in [0.717, 1.165) is 0 Å². The monoisotopic (exact) mass is 317 g/mol. The number of thiazole rings is 1. The number of Topliss-reactive ketones (excluding diaryl/α,β-unsaturated/α-hetero) is 1. The lowest BCUT2D eigenvalue weighted by Crippen LogP contribution is -2.12. The fraction of sp³-hybridized carbons (Fsp3) is 0.133. The number of benzene rings is 1. The average Bonchev–Trinajstić information content (AvgIpc) is 3.20. The molecule has 0 N–H and O–H groups in total. The number of hydrogen-bond donors (Lipinski definition) is 0. The predicted molar refractivity (Wildman–Crippen MR) is 79.0 cm³/mol. The zero-order chi connectivity index (χ0) is 15.4. The van der Waals surface area contributed by atoms with Gasteiger partial charge < -0.3 is 14.2 Å². The number of nitrogens with zero attached hydrogens (tertiary/aromatic N) is 1. The van der Waals surface area contributed by atoms with Crippen molar-refractivity contribution in [3.8, 4) is 11.5 Å². The normalized spacial score (nSPS) is 12.5. The topological polar surface area (TPSA) is 74.7 Å². The molecule has 0 spiro atoms. The second-order valence-corrected chi connectivity index (χ2v) is 5.23. The molecule has 0 radical (unpaired) electrons. The fourth-order valence-electron chi connectivity index (χ4n) is 1.79. The van der Waals surface area contributed by atoms with E-state index < -0.39 is 5.97 Å². The molecular formula is C15H11NO5S. The summed E-state index contributed by atoms with van der Waals surface area (Å²) in [5.41, 5.74) is 0.404. The smallest absolute Gasteiger partial charge is 0.331 e. The van der Waals surface area contributed by atoms with E-state index in [1.807, 2.05) is 0 Å². The van der Waals surface area contributed by atoms with Crippen molar-refractivity contribution in [2.24, 2.45) is 0 Å². The van der Waals surface area contributed by atoms with E-state index >= 15 is 0 Å². The number of ether oxygens (including phenoxy) is 3. The van der Waals surface area contributed by atoms with Crippen LogP contribution in [0.15, 0.2) is 35.9 Å². The summed E-state index contributed by atoms with van der Waals surface area (Å²) in [4.78, 5) is 27.5. The van der Waals surface area contributed by atoms with Gasteiger partial charge in [0.15, 0.2) is 23.9 Å². The molecule has 2 aromatic rings. The van der Waals surface area contributed by atoms with Gasteiger partial charge >= 0.3 is 5.97 Å². The molecule has 0 atom stereocenters. The van der Waals surface area contributed by atoms with Crippen LogP contribution in [0.5, 0.6) is 11.5 Å². The first-order chi connectivity index (χ1) is 10.7. The van der Waals surface area contributed by atoms with Crippen molar-refractivity contribution in [3.63, 3.8) is 0 Å². The van der Waals surface area contributed by atoms with Crippen molar-refractivity contribution in [1.82, 2.24) is 4.98 Å². The largest absolute Gasteiger partial charge is 0.454 e. The van der Waals surface area contributed by atoms with Crippen molar-refractivity contribution in [2.75, 3.05) is 13.4 Å². The minimum atomic E-state index is -0.593. The Morgan fingerprint density at radius 2 is 2.18 bits per heavy atom. The van der Waals surface area contributed by atoms with E-state index in [4.69, 9.17) is 14.2 Å². The van der Waals surface area contributed by atoms with Crippen LogP contribution in [-0.4, -0.2) is 30.1 Å². The van der Waals surface area contributed by atoms with Gasteiger partial charge in [0, 0.05) is 23.2 Å². The van der Waals surface area contributed by atoms with Crippen molar-refractivity contribution in [3.05, 3.63) is 46.4 Å². The van der Waals surface area contributed by atoms with Crippen LogP contribution in [0.4, 0.5) is 0 Å². The molecule has 22 heavy (non-hydrogen) atoms. The lowest BCUT2D eigenvalue weighted by atomic mass is 10.1. The first kappa shape index (κ1) is 14.3. The number of hydrogen-bond acceptors (Lipinski definition) is 7. The predicted octanol–water partition coefficient (Wildman–Crippen LogP) is 2.31. The van der Waals surface area contributed by atoms with Crippen molar-refractivity contribution in [2.45, 2.75) is 0 Å². The molecular weight excluding hydrogens is 306 g/mol. The molecule has 1 aromatic carbocycles. The fourth-order valence-corrected chi connectivity index (χ4v) is 2.32. The van der Waals surface area contributed by atoms with Crippen molar-refractivity contribution in [1.29, 1.82) is 0 Å². The highest BCUT2D eigenvalue weighted by Gasteiger charge is 2.16. The molecule has 0 bridgehead atoms. The molecule has 1 aromatic heterocycles. The third-order valence-electron chi connectivity index (χ3n) is 2.85. The van der Waals surface area contributed by atoms with Gasteiger partial charge in [0.2, 0.25) is 6.79 Å². The Balaban J connectivity index is 1.55. The number of esters is 1. The Labute approximate surface area is 130 Å². The van der Waals surface area contributed by atoms with E-state index in [-0.39, 0.29) is 19.2 Å². The maximum atomic E-state index is 12.0. The van der Waals surface area contributed by atoms with E-state index in [1.54, 1.807) is 29.8 Å². The molecule has 0 aliphatic carbocycles. The second-order valence-electron chi connectivity index (χ2n) is 4.30. The maximum absolute atomic E-state index is 12.0. The van der Waals surface area contributed by atoms with Crippen LogP contribution in [0.3, 0.4) is 0 Å². The SMILES string of the molecule is O=C(/C=C/c1nccs1)OCC(=O)c1ccc2c(c1)OCO2. The molecule has 0 fully saturated rings. The van der Waals surface area contributed by atoms with Crippen LogP contribution < -0.4 is 9.47 Å². The Morgan fingerprint density at radius 3 is 3.00 bits per heavy atom. The minimum absolute atomic E-state index is 0.142. The lowest BCUT2D eigenvalue weighted by molar-refractivity contribution is -0.136. The van der Waals surface area contributed by atoms with Crippen LogP contribution in [0, 0.1) is 0 Å². The summed E-state index contributed by atoms with van der Waals surface area (Å²) in [6.45, 7) is -0.190. The summed E-state index contributed by atoms with van der Waals surface area (Å²) in [7, 11) is 0. The molecule has 3 rings (SSSR count). The van der Waals surface area contributed by atoms with Gasteiger partial charge in [0.1, 0.15) is 5.01 Å². The van der Waals surface area contributed by atoms with Gasteiger partial charge in [-0.15, -0.1) is 11.3 Å². The number of fused-ring (bicyclic) bond motifs is 1. The molecule has 0 saturated carbocycles. The molecule has 1 aliphatic heterocycles. The Hall–Kier alpha value is -2.67. The van der Waals surface area contributed by atoms with Crippen LogP contribution in [0.25, 0.3) is 6.08 Å². The molecule has 2 heterocycles. The molecule has 7 heteroatoms. The van der Waals surface area contributed by atoms with Gasteiger partial charge in [-0.1, -0.05) is 0 Å². The number of carbonyl (C=O) groups excluding carboxylic acids is 2. The summed E-state index contributed by atoms with van der Waals surface area (Å²) >= 11 is 1.40. The van der Waals surface area contributed by atoms with Crippen molar-refractivity contribution < 1.29 is 23.8 Å². The molecule has 0 saturated heterocycles. The summed E-state index contributed by atoms with van der Waals surface area (Å²) in [5.74, 6) is 0.208. The zero-order valence-electron chi connectivity index (χ0n) is 11.4. The third-order valence-corrected chi connectivity index (χ3v) is 3.59. The summed E-state index contributed by atoms with van der Waals surface area (Å²) in [6, 6.07) is 4.83. The third kappa shape index (κ3) is 3.32. The van der Waals surface area contributed by atoms with E-state index in [0.29, 0.717) is 22.1 Å². The second kappa shape index (κ2) is 6.40. The van der Waals surface area contributed by atoms with Gasteiger partial charge in [0.05, 0.1) is 0 Å².